The maximum absolute atomic E-state index is 13.1. The molecule has 0 unspecified atom stereocenters. The molecule has 2 aliphatic heterocycles. The zero-order valence-electron chi connectivity index (χ0n) is 18.6. The number of aliphatic carboxylic acids is 1. The second-order valence-electron chi connectivity index (χ2n) is 8.38. The lowest BCUT2D eigenvalue weighted by Crippen LogP contribution is -2.51. The van der Waals surface area contributed by atoms with Crippen LogP contribution in [-0.2, 0) is 21.4 Å². The molecule has 0 bridgehead atoms. The van der Waals surface area contributed by atoms with Gasteiger partial charge in [0.05, 0.1) is 6.61 Å². The normalized spacial score (nSPS) is 20.2. The molecule has 7 nitrogen and oxygen atoms in total. The Morgan fingerprint density at radius 2 is 1.85 bits per heavy atom. The summed E-state index contributed by atoms with van der Waals surface area (Å²) in [6.45, 7) is 6.42. The van der Waals surface area contributed by atoms with Crippen LogP contribution in [0.4, 0.5) is 13.2 Å². The minimum Gasteiger partial charge on any atom is -0.492 e. The molecule has 1 aromatic heterocycles. The summed E-state index contributed by atoms with van der Waals surface area (Å²) < 4.78 is 65.7. The average Bonchev–Trinajstić information content (AvgIpc) is 3.30. The highest BCUT2D eigenvalue weighted by Gasteiger charge is 2.42. The summed E-state index contributed by atoms with van der Waals surface area (Å²) in [6, 6.07) is 9.19. The number of nitrogens with zero attached hydrogens (tertiary/aromatic N) is 2. The molecule has 1 N–H and O–H groups in total. The van der Waals surface area contributed by atoms with Crippen LogP contribution < -0.4 is 4.74 Å². The third-order valence-electron chi connectivity index (χ3n) is 6.01. The standard InChI is InChI=1S/C20H26N2O3S2.C2HF3O2/c1-2-22-15-20(8-10-21(11-9-20)13-17-7-12-26-14-17)16-25-18-5-3-4-6-19(18)27(22,23)24;3-2(4,5)1(6)7/h3-7,12,14H,2,8-11,13,15-16H2,1H3;(H,6,7). The number of para-hydroxylation sites is 1. The number of likely N-dealkylation sites (tertiary alicyclic amines) is 1. The smallest absolute Gasteiger partial charge is 0.490 e. The Labute approximate surface area is 200 Å². The molecular formula is C22H27F3N2O5S2. The van der Waals surface area contributed by atoms with E-state index in [-0.39, 0.29) is 10.3 Å². The minimum absolute atomic E-state index is 0.123. The number of alkyl halides is 3. The van der Waals surface area contributed by atoms with Gasteiger partial charge in [0.15, 0.2) is 0 Å². The predicted molar refractivity (Wildman–Crippen MR) is 121 cm³/mol. The van der Waals surface area contributed by atoms with E-state index in [0.717, 1.165) is 32.5 Å². The van der Waals surface area contributed by atoms with Gasteiger partial charge in [-0.25, -0.2) is 13.2 Å². The molecule has 0 atom stereocenters. The molecule has 2 aliphatic rings. The first-order chi connectivity index (χ1) is 16.0. The van der Waals surface area contributed by atoms with Crippen LogP contribution in [0.25, 0.3) is 0 Å². The summed E-state index contributed by atoms with van der Waals surface area (Å²) in [5, 5.41) is 11.4. The zero-order valence-corrected chi connectivity index (χ0v) is 20.3. The molecule has 1 aromatic carbocycles. The van der Waals surface area contributed by atoms with E-state index >= 15 is 0 Å². The van der Waals surface area contributed by atoms with E-state index in [4.69, 9.17) is 14.6 Å². The van der Waals surface area contributed by atoms with Gasteiger partial charge in [-0.2, -0.15) is 28.8 Å². The number of carboxylic acid groups (broad SMARTS) is 1. The van der Waals surface area contributed by atoms with Gasteiger partial charge in [0.1, 0.15) is 10.6 Å². The fraction of sp³-hybridized carbons (Fsp3) is 0.500. The molecule has 0 amide bonds. The first-order valence-corrected chi connectivity index (χ1v) is 13.1. The maximum Gasteiger partial charge on any atom is 0.490 e. The van der Waals surface area contributed by atoms with Crippen molar-refractivity contribution in [2.45, 2.75) is 37.4 Å². The van der Waals surface area contributed by atoms with E-state index in [1.54, 1.807) is 33.8 Å². The number of carbonyl (C=O) groups is 1. The van der Waals surface area contributed by atoms with Crippen LogP contribution in [0.2, 0.25) is 0 Å². The van der Waals surface area contributed by atoms with E-state index in [9.17, 15) is 21.6 Å². The van der Waals surface area contributed by atoms with Gasteiger partial charge < -0.3 is 9.84 Å². The van der Waals surface area contributed by atoms with Crippen LogP contribution >= 0.6 is 11.3 Å². The van der Waals surface area contributed by atoms with Gasteiger partial charge in [-0.15, -0.1) is 0 Å². The van der Waals surface area contributed by atoms with E-state index in [1.165, 1.54) is 5.56 Å². The highest BCUT2D eigenvalue weighted by atomic mass is 32.2. The van der Waals surface area contributed by atoms with Gasteiger partial charge in [0.25, 0.3) is 0 Å². The molecule has 188 valence electrons. The third kappa shape index (κ3) is 6.29. The summed E-state index contributed by atoms with van der Waals surface area (Å²) in [6.07, 6.45) is -3.18. The van der Waals surface area contributed by atoms with E-state index in [1.807, 2.05) is 13.0 Å². The van der Waals surface area contributed by atoms with Crippen molar-refractivity contribution in [3.05, 3.63) is 46.7 Å². The van der Waals surface area contributed by atoms with Gasteiger partial charge in [-0.1, -0.05) is 19.1 Å². The van der Waals surface area contributed by atoms with Crippen molar-refractivity contribution in [3.8, 4) is 5.75 Å². The monoisotopic (exact) mass is 520 g/mol. The molecule has 0 aliphatic carbocycles. The van der Waals surface area contributed by atoms with Crippen LogP contribution in [-0.4, -0.2) is 67.7 Å². The summed E-state index contributed by atoms with van der Waals surface area (Å²) in [5.74, 6) is -2.27. The molecule has 2 aromatic rings. The SMILES string of the molecule is CCN1CC2(CCN(Cc3ccsc3)CC2)COc2ccccc2S1(=O)=O.O=C(O)C(F)(F)F. The van der Waals surface area contributed by atoms with Crippen molar-refractivity contribution in [1.82, 2.24) is 9.21 Å². The van der Waals surface area contributed by atoms with Crippen LogP contribution in [0.5, 0.6) is 5.75 Å². The third-order valence-corrected chi connectivity index (χ3v) is 8.70. The van der Waals surface area contributed by atoms with Crippen LogP contribution in [0.3, 0.4) is 0 Å². The molecule has 1 saturated heterocycles. The van der Waals surface area contributed by atoms with Crippen LogP contribution in [0.15, 0.2) is 46.0 Å². The van der Waals surface area contributed by atoms with Gasteiger partial charge >= 0.3 is 12.1 Å². The Balaban J connectivity index is 0.000000406. The topological polar surface area (TPSA) is 87.2 Å². The maximum atomic E-state index is 13.1. The van der Waals surface area contributed by atoms with Gasteiger partial charge in [-0.3, -0.25) is 4.90 Å². The number of carboxylic acids is 1. The second kappa shape index (κ2) is 10.6. The van der Waals surface area contributed by atoms with Crippen molar-refractivity contribution in [3.63, 3.8) is 0 Å². The zero-order chi connectivity index (χ0) is 25.0. The number of fused-ring (bicyclic) bond motifs is 1. The second-order valence-corrected chi connectivity index (χ2v) is 11.1. The number of benzene rings is 1. The molecular weight excluding hydrogens is 493 g/mol. The Bertz CT molecular complexity index is 1070. The van der Waals surface area contributed by atoms with E-state index in [2.05, 4.69) is 21.7 Å². The van der Waals surface area contributed by atoms with Crippen LogP contribution in [0.1, 0.15) is 25.3 Å². The molecule has 3 heterocycles. The Morgan fingerprint density at radius 1 is 1.21 bits per heavy atom. The molecule has 1 fully saturated rings. The molecule has 4 rings (SSSR count). The summed E-state index contributed by atoms with van der Waals surface area (Å²) in [7, 11) is -3.53. The average molecular weight is 521 g/mol. The Kier molecular flexibility index (Phi) is 8.27. The number of piperidine rings is 1. The van der Waals surface area contributed by atoms with E-state index in [0.29, 0.717) is 25.4 Å². The molecule has 0 saturated carbocycles. The number of thiophene rings is 1. The number of hydrogen-bond donors (Lipinski definition) is 1. The number of halogens is 3. The van der Waals surface area contributed by atoms with Gasteiger partial charge in [0, 0.05) is 25.0 Å². The van der Waals surface area contributed by atoms with Crippen molar-refractivity contribution < 1.29 is 36.2 Å². The summed E-state index contributed by atoms with van der Waals surface area (Å²) in [5.41, 5.74) is 1.23. The lowest BCUT2D eigenvalue weighted by Gasteiger charge is -2.44. The highest BCUT2D eigenvalue weighted by Crippen LogP contribution is 2.39. The lowest BCUT2D eigenvalue weighted by atomic mass is 9.78. The quantitative estimate of drug-likeness (QED) is 0.657. The van der Waals surface area contributed by atoms with Crippen molar-refractivity contribution >= 4 is 27.3 Å². The fourth-order valence-corrected chi connectivity index (χ4v) is 6.42. The highest BCUT2D eigenvalue weighted by molar-refractivity contribution is 7.89. The molecule has 34 heavy (non-hydrogen) atoms. The number of sulfonamides is 1. The number of rotatable bonds is 3. The fourth-order valence-electron chi connectivity index (χ4n) is 4.07. The lowest BCUT2D eigenvalue weighted by molar-refractivity contribution is -0.192. The molecule has 1 spiro atoms. The van der Waals surface area contributed by atoms with Crippen molar-refractivity contribution in [2.75, 3.05) is 32.8 Å². The Hall–Kier alpha value is -2.15. The van der Waals surface area contributed by atoms with Crippen molar-refractivity contribution in [1.29, 1.82) is 0 Å². The largest absolute Gasteiger partial charge is 0.492 e. The van der Waals surface area contributed by atoms with E-state index < -0.39 is 22.2 Å². The molecule has 12 heteroatoms. The first kappa shape index (κ1) is 26.5. The number of hydrogen-bond acceptors (Lipinski definition) is 6. The van der Waals surface area contributed by atoms with Crippen LogP contribution in [0, 0.1) is 5.41 Å². The van der Waals surface area contributed by atoms with Gasteiger partial charge in [0.2, 0.25) is 10.0 Å². The summed E-state index contributed by atoms with van der Waals surface area (Å²) >= 11 is 1.73. The summed E-state index contributed by atoms with van der Waals surface area (Å²) in [4.78, 5) is 11.6. The number of ether oxygens (including phenoxy) is 1. The predicted octanol–water partition coefficient (Wildman–Crippen LogP) is 4.07. The molecule has 0 radical (unpaired) electrons. The van der Waals surface area contributed by atoms with Gasteiger partial charge in [-0.05, 0) is 60.5 Å². The minimum atomic E-state index is -5.08. The Morgan fingerprint density at radius 3 is 2.41 bits per heavy atom. The first-order valence-electron chi connectivity index (χ1n) is 10.7. The van der Waals surface area contributed by atoms with Crippen molar-refractivity contribution in [2.24, 2.45) is 5.41 Å².